The first-order valence-electron chi connectivity index (χ1n) is 7.02. The van der Waals surface area contributed by atoms with Crippen LogP contribution in [0.5, 0.6) is 11.6 Å². The normalized spacial score (nSPS) is 17.2. The number of aromatic nitrogens is 3. The first kappa shape index (κ1) is 15.8. The van der Waals surface area contributed by atoms with Crippen LogP contribution in [0.3, 0.4) is 0 Å². The van der Waals surface area contributed by atoms with Crippen LogP contribution in [0.25, 0.3) is 0 Å². The average molecular weight is 382 g/mol. The van der Waals surface area contributed by atoms with Gasteiger partial charge in [-0.3, -0.25) is 0 Å². The van der Waals surface area contributed by atoms with Crippen LogP contribution in [-0.4, -0.2) is 34.3 Å². The summed E-state index contributed by atoms with van der Waals surface area (Å²) >= 11 is 3.23. The number of pyridine rings is 1. The van der Waals surface area contributed by atoms with Crippen LogP contribution in [0, 0.1) is 0 Å². The molecule has 0 radical (unpaired) electrons. The van der Waals surface area contributed by atoms with Crippen LogP contribution in [0.2, 0.25) is 0 Å². The number of nitrogen functional groups attached to an aromatic ring is 2. The monoisotopic (exact) mass is 381 g/mol. The molecule has 0 bridgehead atoms. The minimum Gasteiger partial charge on any atom is -0.484 e. The van der Waals surface area contributed by atoms with Crippen molar-refractivity contribution in [3.8, 4) is 11.6 Å². The molecule has 1 saturated heterocycles. The predicted molar refractivity (Wildman–Crippen MR) is 87.0 cm³/mol. The van der Waals surface area contributed by atoms with Crippen LogP contribution >= 0.6 is 15.9 Å². The van der Waals surface area contributed by atoms with Crippen LogP contribution in [0.4, 0.5) is 11.6 Å². The van der Waals surface area contributed by atoms with E-state index in [4.69, 9.17) is 25.7 Å². The smallest absolute Gasteiger partial charge is 0.258 e. The van der Waals surface area contributed by atoms with Crippen LogP contribution < -0.4 is 20.9 Å². The topological polar surface area (TPSA) is 118 Å². The van der Waals surface area contributed by atoms with Crippen molar-refractivity contribution >= 4 is 27.6 Å². The minimum atomic E-state index is -0.0315. The lowest BCUT2D eigenvalue weighted by Crippen LogP contribution is -2.18. The number of ether oxygens (including phenoxy) is 3. The van der Waals surface area contributed by atoms with E-state index < -0.39 is 0 Å². The van der Waals surface area contributed by atoms with Crippen LogP contribution in [0.15, 0.2) is 23.1 Å². The highest BCUT2D eigenvalue weighted by molar-refractivity contribution is 9.10. The van der Waals surface area contributed by atoms with Crippen molar-refractivity contribution in [2.45, 2.75) is 19.1 Å². The first-order chi connectivity index (χ1) is 11.1. The second-order valence-corrected chi connectivity index (χ2v) is 5.77. The number of rotatable bonds is 5. The summed E-state index contributed by atoms with van der Waals surface area (Å²) in [4.78, 5) is 12.2. The Morgan fingerprint density at radius 2 is 2.17 bits per heavy atom. The fraction of sp³-hybridized carbons (Fsp3) is 0.357. The zero-order valence-corrected chi connectivity index (χ0v) is 13.8. The molecule has 122 valence electrons. The summed E-state index contributed by atoms with van der Waals surface area (Å²) in [6, 6.07) is 1.78. The Kier molecular flexibility index (Phi) is 4.77. The Morgan fingerprint density at radius 1 is 1.30 bits per heavy atom. The van der Waals surface area contributed by atoms with E-state index in [0.717, 1.165) is 12.0 Å². The lowest BCUT2D eigenvalue weighted by Gasteiger charge is -2.17. The van der Waals surface area contributed by atoms with Gasteiger partial charge in [0.1, 0.15) is 17.3 Å². The van der Waals surface area contributed by atoms with Gasteiger partial charge in [0, 0.05) is 18.2 Å². The van der Waals surface area contributed by atoms with Gasteiger partial charge in [-0.15, -0.1) is 0 Å². The maximum absolute atomic E-state index is 5.93. The number of hydrogen-bond acceptors (Lipinski definition) is 8. The predicted octanol–water partition coefficient (Wildman–Crippen LogP) is 1.55. The van der Waals surface area contributed by atoms with E-state index in [9.17, 15) is 0 Å². The zero-order valence-electron chi connectivity index (χ0n) is 12.2. The third kappa shape index (κ3) is 3.80. The van der Waals surface area contributed by atoms with E-state index in [1.165, 1.54) is 6.20 Å². The van der Waals surface area contributed by atoms with E-state index in [1.807, 2.05) is 0 Å². The van der Waals surface area contributed by atoms with Gasteiger partial charge in [-0.2, -0.15) is 0 Å². The summed E-state index contributed by atoms with van der Waals surface area (Å²) < 4.78 is 17.4. The van der Waals surface area contributed by atoms with Crippen molar-refractivity contribution in [2.75, 3.05) is 24.7 Å². The molecule has 0 spiro atoms. The molecule has 2 aromatic rings. The molecule has 1 unspecified atom stereocenters. The van der Waals surface area contributed by atoms with Crippen LogP contribution in [0.1, 0.15) is 12.0 Å². The standard InChI is InChI=1S/C14H16BrN5O3/c15-10-5-19-13(17)14(20-10)22-6-8-1-3-18-12(16)11(8)23-9-2-4-21-7-9/h1,3,5,9H,2,4,6-7H2,(H2,16,18)(H2,17,19). The van der Waals surface area contributed by atoms with Gasteiger partial charge in [0.15, 0.2) is 17.4 Å². The van der Waals surface area contributed by atoms with Gasteiger partial charge in [0.05, 0.1) is 19.4 Å². The summed E-state index contributed by atoms with van der Waals surface area (Å²) in [5.74, 6) is 1.27. The van der Waals surface area contributed by atoms with Gasteiger partial charge in [0.2, 0.25) is 0 Å². The average Bonchev–Trinajstić information content (AvgIpc) is 3.04. The molecule has 1 aliphatic heterocycles. The molecule has 0 aliphatic carbocycles. The summed E-state index contributed by atoms with van der Waals surface area (Å²) in [6.07, 6.45) is 3.89. The maximum Gasteiger partial charge on any atom is 0.258 e. The lowest BCUT2D eigenvalue weighted by atomic mass is 10.2. The number of hydrogen-bond donors (Lipinski definition) is 2. The molecule has 9 heteroatoms. The Bertz CT molecular complexity index is 694. The van der Waals surface area contributed by atoms with Gasteiger partial charge in [-0.25, -0.2) is 15.0 Å². The fourth-order valence-electron chi connectivity index (χ4n) is 2.14. The maximum atomic E-state index is 5.93. The molecule has 0 amide bonds. The fourth-order valence-corrected chi connectivity index (χ4v) is 2.41. The van der Waals surface area contributed by atoms with Gasteiger partial charge in [-0.05, 0) is 22.0 Å². The molecule has 3 rings (SSSR count). The van der Waals surface area contributed by atoms with Crippen LogP contribution in [-0.2, 0) is 11.3 Å². The number of anilines is 2. The lowest BCUT2D eigenvalue weighted by molar-refractivity contribution is 0.139. The van der Waals surface area contributed by atoms with Crippen molar-refractivity contribution in [1.82, 2.24) is 15.0 Å². The highest BCUT2D eigenvalue weighted by atomic mass is 79.9. The Balaban J connectivity index is 1.76. The quantitative estimate of drug-likeness (QED) is 0.800. The molecule has 1 aliphatic rings. The molecule has 0 saturated carbocycles. The number of halogens is 1. The van der Waals surface area contributed by atoms with Crippen molar-refractivity contribution in [3.63, 3.8) is 0 Å². The van der Waals surface area contributed by atoms with Crippen molar-refractivity contribution in [2.24, 2.45) is 0 Å². The Morgan fingerprint density at radius 3 is 2.96 bits per heavy atom. The van der Waals surface area contributed by atoms with E-state index in [0.29, 0.717) is 29.4 Å². The van der Waals surface area contributed by atoms with Gasteiger partial charge in [0.25, 0.3) is 5.88 Å². The van der Waals surface area contributed by atoms with E-state index in [1.54, 1.807) is 12.3 Å². The minimum absolute atomic E-state index is 0.0315. The highest BCUT2D eigenvalue weighted by Gasteiger charge is 2.21. The first-order valence-corrected chi connectivity index (χ1v) is 7.81. The molecule has 8 nitrogen and oxygen atoms in total. The van der Waals surface area contributed by atoms with Gasteiger partial charge >= 0.3 is 0 Å². The molecular formula is C14H16BrN5O3. The number of nitrogens with zero attached hydrogens (tertiary/aromatic N) is 3. The second kappa shape index (κ2) is 6.97. The highest BCUT2D eigenvalue weighted by Crippen LogP contribution is 2.29. The largest absolute Gasteiger partial charge is 0.484 e. The summed E-state index contributed by atoms with van der Waals surface area (Å²) in [7, 11) is 0. The van der Waals surface area contributed by atoms with Crippen molar-refractivity contribution < 1.29 is 14.2 Å². The SMILES string of the molecule is Nc1ncc(Br)nc1OCc1ccnc(N)c1OC1CCOC1. The van der Waals surface area contributed by atoms with E-state index in [-0.39, 0.29) is 24.4 Å². The Labute approximate surface area is 141 Å². The van der Waals surface area contributed by atoms with Crippen molar-refractivity contribution in [3.05, 3.63) is 28.6 Å². The van der Waals surface area contributed by atoms with E-state index >= 15 is 0 Å². The number of nitrogens with two attached hydrogens (primary N) is 2. The molecule has 2 aromatic heterocycles. The second-order valence-electron chi connectivity index (χ2n) is 4.96. The van der Waals surface area contributed by atoms with Gasteiger partial charge < -0.3 is 25.7 Å². The summed E-state index contributed by atoms with van der Waals surface area (Å²) in [5, 5.41) is 0. The third-order valence-electron chi connectivity index (χ3n) is 3.29. The molecule has 23 heavy (non-hydrogen) atoms. The Hall–Kier alpha value is -2.13. The molecule has 1 fully saturated rings. The van der Waals surface area contributed by atoms with E-state index in [2.05, 4.69) is 30.9 Å². The van der Waals surface area contributed by atoms with Crippen molar-refractivity contribution in [1.29, 1.82) is 0 Å². The molecule has 4 N–H and O–H groups in total. The summed E-state index contributed by atoms with van der Waals surface area (Å²) in [5.41, 5.74) is 12.4. The zero-order chi connectivity index (χ0) is 16.2. The molecular weight excluding hydrogens is 366 g/mol. The summed E-state index contributed by atoms with van der Waals surface area (Å²) in [6.45, 7) is 1.41. The molecule has 0 aromatic carbocycles. The van der Waals surface area contributed by atoms with Gasteiger partial charge in [-0.1, -0.05) is 0 Å². The molecule has 1 atom stereocenters. The third-order valence-corrected chi connectivity index (χ3v) is 3.67. The molecule has 3 heterocycles.